The number of amides is 1. The van der Waals surface area contributed by atoms with Gasteiger partial charge in [-0.15, -0.1) is 0 Å². The minimum absolute atomic E-state index is 0.0350. The standard InChI is InChI=1S/C14H11FN2O3/c15-11-6-10(7-16-8-11)13(18)17-12(14(19)20)9-4-2-1-3-5-9/h1-8,12H,(H,17,18)(H,19,20)/t12-/m1/s1. The van der Waals surface area contributed by atoms with Gasteiger partial charge in [-0.05, 0) is 11.6 Å². The van der Waals surface area contributed by atoms with Crippen molar-refractivity contribution in [1.29, 1.82) is 0 Å². The number of aromatic nitrogens is 1. The van der Waals surface area contributed by atoms with E-state index in [1.54, 1.807) is 30.3 Å². The van der Waals surface area contributed by atoms with Gasteiger partial charge in [0.1, 0.15) is 5.82 Å². The Morgan fingerprint density at radius 3 is 2.50 bits per heavy atom. The SMILES string of the molecule is O=C(N[C@@H](C(=O)O)c1ccccc1)c1cncc(F)c1. The molecule has 0 radical (unpaired) electrons. The molecule has 0 fully saturated rings. The van der Waals surface area contributed by atoms with Gasteiger partial charge in [0.05, 0.1) is 11.8 Å². The maximum absolute atomic E-state index is 13.0. The Bertz CT molecular complexity index is 631. The van der Waals surface area contributed by atoms with Gasteiger partial charge in [0, 0.05) is 6.20 Å². The van der Waals surface area contributed by atoms with Crippen molar-refractivity contribution < 1.29 is 19.1 Å². The molecule has 0 aliphatic rings. The summed E-state index contributed by atoms with van der Waals surface area (Å²) in [6, 6.07) is 8.04. The Labute approximate surface area is 114 Å². The molecule has 5 nitrogen and oxygen atoms in total. The number of nitrogens with zero attached hydrogens (tertiary/aromatic N) is 1. The van der Waals surface area contributed by atoms with Crippen LogP contribution in [0.5, 0.6) is 0 Å². The van der Waals surface area contributed by atoms with Gasteiger partial charge in [0.2, 0.25) is 0 Å². The van der Waals surface area contributed by atoms with Crippen LogP contribution < -0.4 is 5.32 Å². The molecule has 1 aromatic carbocycles. The van der Waals surface area contributed by atoms with Crippen LogP contribution in [0.2, 0.25) is 0 Å². The van der Waals surface area contributed by atoms with Crippen molar-refractivity contribution in [2.24, 2.45) is 0 Å². The number of carboxylic acid groups (broad SMARTS) is 1. The Morgan fingerprint density at radius 2 is 1.90 bits per heavy atom. The van der Waals surface area contributed by atoms with Crippen molar-refractivity contribution in [2.75, 3.05) is 0 Å². The summed E-state index contributed by atoms with van der Waals surface area (Å²) in [5.74, 6) is -2.56. The van der Waals surface area contributed by atoms with E-state index in [0.717, 1.165) is 12.3 Å². The first-order valence-electron chi connectivity index (χ1n) is 5.77. The second-order valence-electron chi connectivity index (χ2n) is 4.05. The first-order valence-corrected chi connectivity index (χ1v) is 5.77. The van der Waals surface area contributed by atoms with Gasteiger partial charge in [0.15, 0.2) is 6.04 Å². The number of nitrogens with one attached hydrogen (secondary N) is 1. The number of aliphatic carboxylic acids is 1. The van der Waals surface area contributed by atoms with Crippen molar-refractivity contribution >= 4 is 11.9 Å². The lowest BCUT2D eigenvalue weighted by molar-refractivity contribution is -0.139. The van der Waals surface area contributed by atoms with E-state index < -0.39 is 23.7 Å². The molecule has 1 amide bonds. The van der Waals surface area contributed by atoms with Crippen LogP contribution in [-0.2, 0) is 4.79 Å². The molecule has 0 saturated heterocycles. The fourth-order valence-corrected chi connectivity index (χ4v) is 1.68. The molecule has 102 valence electrons. The lowest BCUT2D eigenvalue weighted by Gasteiger charge is -2.14. The van der Waals surface area contributed by atoms with E-state index in [9.17, 15) is 19.1 Å². The number of rotatable bonds is 4. The molecule has 0 saturated carbocycles. The molecule has 1 heterocycles. The zero-order chi connectivity index (χ0) is 14.5. The van der Waals surface area contributed by atoms with Gasteiger partial charge in [-0.1, -0.05) is 30.3 Å². The predicted octanol–water partition coefficient (Wildman–Crippen LogP) is 1.78. The monoisotopic (exact) mass is 274 g/mol. The van der Waals surface area contributed by atoms with E-state index in [4.69, 9.17) is 0 Å². The maximum atomic E-state index is 13.0. The smallest absolute Gasteiger partial charge is 0.330 e. The molecular weight excluding hydrogens is 263 g/mol. The molecule has 20 heavy (non-hydrogen) atoms. The molecule has 1 atom stereocenters. The number of carbonyl (C=O) groups is 2. The van der Waals surface area contributed by atoms with Crippen molar-refractivity contribution in [3.05, 3.63) is 65.7 Å². The first kappa shape index (κ1) is 13.7. The summed E-state index contributed by atoms with van der Waals surface area (Å²) >= 11 is 0. The average molecular weight is 274 g/mol. The molecule has 0 spiro atoms. The van der Waals surface area contributed by atoms with E-state index in [-0.39, 0.29) is 5.56 Å². The Hall–Kier alpha value is -2.76. The lowest BCUT2D eigenvalue weighted by Crippen LogP contribution is -2.33. The fraction of sp³-hybridized carbons (Fsp3) is 0.0714. The highest BCUT2D eigenvalue weighted by atomic mass is 19.1. The highest BCUT2D eigenvalue weighted by Gasteiger charge is 2.22. The van der Waals surface area contributed by atoms with Crippen molar-refractivity contribution in [3.8, 4) is 0 Å². The number of hydrogen-bond acceptors (Lipinski definition) is 3. The van der Waals surface area contributed by atoms with Gasteiger partial charge < -0.3 is 10.4 Å². The predicted molar refractivity (Wildman–Crippen MR) is 68.5 cm³/mol. The minimum Gasteiger partial charge on any atom is -0.479 e. The topological polar surface area (TPSA) is 79.3 Å². The van der Waals surface area contributed by atoms with E-state index in [0.29, 0.717) is 5.56 Å². The Balaban J connectivity index is 2.21. The quantitative estimate of drug-likeness (QED) is 0.890. The van der Waals surface area contributed by atoms with Gasteiger partial charge in [-0.2, -0.15) is 0 Å². The summed E-state index contributed by atoms with van der Waals surface area (Å²) < 4.78 is 13.0. The van der Waals surface area contributed by atoms with Crippen LogP contribution in [0.15, 0.2) is 48.8 Å². The third-order valence-electron chi connectivity index (χ3n) is 2.62. The van der Waals surface area contributed by atoms with Crippen LogP contribution in [0.1, 0.15) is 22.0 Å². The third-order valence-corrected chi connectivity index (χ3v) is 2.62. The lowest BCUT2D eigenvalue weighted by atomic mass is 10.1. The molecule has 6 heteroatoms. The summed E-state index contributed by atoms with van der Waals surface area (Å²) in [5.41, 5.74) is 0.393. The van der Waals surface area contributed by atoms with Crippen molar-refractivity contribution in [3.63, 3.8) is 0 Å². The summed E-state index contributed by atoms with van der Waals surface area (Å²) in [6.07, 6.45) is 2.13. The van der Waals surface area contributed by atoms with Crippen LogP contribution in [0.25, 0.3) is 0 Å². The summed E-state index contributed by atoms with van der Waals surface area (Å²) in [7, 11) is 0. The van der Waals surface area contributed by atoms with E-state index in [1.165, 1.54) is 6.20 Å². The van der Waals surface area contributed by atoms with Gasteiger partial charge in [0.25, 0.3) is 5.91 Å². The summed E-state index contributed by atoms with van der Waals surface area (Å²) in [5, 5.41) is 11.5. The van der Waals surface area contributed by atoms with E-state index in [2.05, 4.69) is 10.3 Å². The minimum atomic E-state index is -1.20. The molecule has 2 N–H and O–H groups in total. The van der Waals surface area contributed by atoms with Crippen LogP contribution in [0.3, 0.4) is 0 Å². The number of benzene rings is 1. The van der Waals surface area contributed by atoms with Gasteiger partial charge in [-0.3, -0.25) is 9.78 Å². The summed E-state index contributed by atoms with van der Waals surface area (Å²) in [6.45, 7) is 0. The van der Waals surface area contributed by atoms with E-state index in [1.807, 2.05) is 0 Å². The van der Waals surface area contributed by atoms with Crippen molar-refractivity contribution in [2.45, 2.75) is 6.04 Å². The highest BCUT2D eigenvalue weighted by molar-refractivity contribution is 5.96. The van der Waals surface area contributed by atoms with Gasteiger partial charge >= 0.3 is 5.97 Å². The molecule has 0 aliphatic carbocycles. The first-order chi connectivity index (χ1) is 9.58. The van der Waals surface area contributed by atoms with Gasteiger partial charge in [-0.25, -0.2) is 9.18 Å². The summed E-state index contributed by atoms with van der Waals surface area (Å²) in [4.78, 5) is 26.7. The zero-order valence-corrected chi connectivity index (χ0v) is 10.3. The fourth-order valence-electron chi connectivity index (χ4n) is 1.68. The number of pyridine rings is 1. The average Bonchev–Trinajstić information content (AvgIpc) is 2.45. The Morgan fingerprint density at radius 1 is 1.20 bits per heavy atom. The maximum Gasteiger partial charge on any atom is 0.330 e. The van der Waals surface area contributed by atoms with Crippen molar-refractivity contribution in [1.82, 2.24) is 10.3 Å². The third kappa shape index (κ3) is 3.17. The number of halogens is 1. The van der Waals surface area contributed by atoms with Crippen LogP contribution in [0.4, 0.5) is 4.39 Å². The largest absolute Gasteiger partial charge is 0.479 e. The molecule has 0 bridgehead atoms. The molecule has 0 aliphatic heterocycles. The van der Waals surface area contributed by atoms with Crippen LogP contribution in [0, 0.1) is 5.82 Å². The van der Waals surface area contributed by atoms with Crippen LogP contribution in [-0.4, -0.2) is 22.0 Å². The molecule has 2 aromatic rings. The Kier molecular flexibility index (Phi) is 4.05. The molecule has 0 unspecified atom stereocenters. The van der Waals surface area contributed by atoms with E-state index >= 15 is 0 Å². The zero-order valence-electron chi connectivity index (χ0n) is 10.3. The number of carbonyl (C=O) groups excluding carboxylic acids is 1. The normalized spacial score (nSPS) is 11.7. The second-order valence-corrected chi connectivity index (χ2v) is 4.05. The highest BCUT2D eigenvalue weighted by Crippen LogP contribution is 2.13. The molecule has 2 rings (SSSR count). The molecular formula is C14H11FN2O3. The molecule has 1 aromatic heterocycles. The number of hydrogen-bond donors (Lipinski definition) is 2. The second kappa shape index (κ2) is 5.92. The van der Waals surface area contributed by atoms with Crippen LogP contribution >= 0.6 is 0 Å². The number of carboxylic acids is 1.